The zero-order valence-electron chi connectivity index (χ0n) is 57.2. The van der Waals surface area contributed by atoms with E-state index in [0.29, 0.717) is 0 Å². The van der Waals surface area contributed by atoms with Gasteiger partial charge in [0.25, 0.3) is 193 Å². The first-order chi connectivity index (χ1) is 43.3. The zero-order valence-corrected chi connectivity index (χ0v) is 108. The van der Waals surface area contributed by atoms with E-state index in [0.717, 1.165) is 0 Å². The summed E-state index contributed by atoms with van der Waals surface area (Å²) < 4.78 is 590. The van der Waals surface area contributed by atoms with Crippen LogP contribution in [0.5, 0.6) is 0 Å². The van der Waals surface area contributed by atoms with Gasteiger partial charge in [-0.3, -0.25) is 184 Å². The molecule has 0 aliphatic heterocycles. The summed E-state index contributed by atoms with van der Waals surface area (Å²) >= 11 is -69.0. The maximum Gasteiger partial charge on any atom is 1.00 e. The number of hydrogen-bond acceptors (Lipinski definition) is 40. The van der Waals surface area contributed by atoms with Crippen molar-refractivity contribution in [2.24, 2.45) is 0 Å². The molecular weight excluding hydrogens is 2350 g/mol. The summed E-state index contributed by atoms with van der Waals surface area (Å²) in [6.45, 7) is 0. The molecule has 0 aliphatic rings. The molecule has 0 saturated carbocycles. The topological polar surface area (TPSA) is 1480 Å². The van der Waals surface area contributed by atoms with E-state index in [1.807, 2.05) is 0 Å². The smallest absolute Gasteiger partial charge is 0.784 e. The molecule has 0 heterocycles. The van der Waals surface area contributed by atoms with Crippen LogP contribution >= 0.6 is 0 Å². The molecule has 0 bridgehead atoms. The summed E-state index contributed by atoms with van der Waals surface area (Å²) in [7, 11) is 0. The van der Waals surface area contributed by atoms with Crippen molar-refractivity contribution in [2.45, 2.75) is 0 Å². The van der Waals surface area contributed by atoms with Crippen molar-refractivity contribution in [3.63, 3.8) is 0 Å². The monoisotopic (exact) mass is 2380 g/mol. The van der Waals surface area contributed by atoms with Gasteiger partial charge in [0, 0.05) is 0 Å². The molecule has 75 nitrogen and oxygen atoms in total. The Morgan fingerprint density at radius 3 is 0.0957 bits per heavy atom. The normalized spacial score (nSPS) is 7.84. The van der Waals surface area contributed by atoms with Gasteiger partial charge in [-0.05, 0) is 0 Å². The molecule has 0 fully saturated rings. The molecule has 0 aliphatic carbocycles. The largest absolute Gasteiger partial charge is 1.00 e. The predicted octanol–water partition coefficient (Wildman–Crippen LogP) is -58.1. The van der Waals surface area contributed by atoms with E-state index in [9.17, 15) is 0 Å². The second kappa shape index (κ2) is 261. The Labute approximate surface area is 1040 Å². The maximum atomic E-state index is 8.67. The Hall–Kier alpha value is 16.7. The van der Waals surface area contributed by atoms with Gasteiger partial charge in [0.2, 0.25) is 0 Å². The standard InChI is InChI=1S/15Na.25H2O3S/c;;;;;;;;;;;;;;;25*1-4(2)3/h;;;;;;;;;;;;;;;25*(H2,1,2,3)/q15*+1;;;;;;;;;;;;;;;;;;;;;;;;;/p-15. The first-order valence-electron chi connectivity index (χ1n) is 13.1. The van der Waals surface area contributed by atoms with Crippen LogP contribution in [0.3, 0.4) is 0 Å². The van der Waals surface area contributed by atoms with Crippen LogP contribution in [0.2, 0.25) is 0 Å². The molecule has 650 valence electrons. The van der Waals surface area contributed by atoms with Gasteiger partial charge < -0.3 is 72.8 Å². The van der Waals surface area contributed by atoms with Crippen LogP contribution in [-0.2, 0) is 284 Å². The average molecular weight is 2380 g/mol. The van der Waals surface area contributed by atoms with Crippen LogP contribution in [0.1, 0.15) is 0 Å². The second-order valence-electron chi connectivity index (χ2n) is 5.57. The molecule has 1 atom stereocenters. The van der Waals surface area contributed by atoms with E-state index < -0.39 is 284 Å². The van der Waals surface area contributed by atoms with Crippen molar-refractivity contribution in [3.05, 3.63) is 0 Å². The van der Waals surface area contributed by atoms with Gasteiger partial charge in [-0.15, -0.1) is 79.5 Å². The minimum absolute atomic E-state index is 0. The van der Waals surface area contributed by atoms with E-state index >= 15 is 0 Å². The first kappa shape index (κ1) is 268. The molecule has 0 amide bonds. The Morgan fingerprint density at radius 2 is 0.0957 bits per heavy atom. The van der Waals surface area contributed by atoms with Crippen molar-refractivity contribution in [3.8, 4) is 0 Å². The summed E-state index contributed by atoms with van der Waals surface area (Å²) in [6.07, 6.45) is 0. The molecule has 115 heteroatoms. The molecule has 0 rings (SSSR count). The van der Waals surface area contributed by atoms with E-state index in [-0.39, 0.29) is 443 Å². The third-order valence-corrected chi connectivity index (χ3v) is 0. The molecule has 0 aromatic carbocycles. The van der Waals surface area contributed by atoms with Gasteiger partial charge in [0.05, 0.1) is 11.4 Å². The van der Waals surface area contributed by atoms with Gasteiger partial charge in [0.1, 0.15) is 0 Å². The van der Waals surface area contributed by atoms with Crippen LogP contribution in [0.25, 0.3) is 0 Å². The number of rotatable bonds is 0. The second-order valence-corrected chi connectivity index (χ2v) is 16.7. The third-order valence-electron chi connectivity index (χ3n) is 0. The van der Waals surface area contributed by atoms with E-state index in [2.05, 4.69) is 0 Å². The third kappa shape index (κ3) is 7730. The van der Waals surface area contributed by atoms with Crippen LogP contribution in [0.4, 0.5) is 0 Å². The molecule has 0 aromatic rings. The SMILES string of the molecule is O=S(O)O.O=S(O)O.O=S(O)O.O=S(O)O.O=S(O)O.O=S(O)O.O=S(O)O.O=S(O)O.O=S(O)O.O=S(O)O.O=S(O)O.O=S(O)O.O=S(O)O.O=S(O)O.O=S(O)O.O=S(O)O.O=S(O)O.O=S([O-])O.O=S([O-])[O-].O=S([O-])[O-].O=S([O-])[O-].O=S([O-])[O-].O=S([O-])[O-].O=S([O-])[O-].O=S([O-])[O-].[Na+].[Na+].[Na+].[Na+].[Na+].[Na+].[Na+].[Na+].[Na+].[Na+].[Na+].[Na+].[Na+].[Na+].[Na+]. The molecular formula is H35Na15O75S25. The molecule has 1 unspecified atom stereocenters. The van der Waals surface area contributed by atoms with E-state index in [1.54, 1.807) is 0 Å². The predicted molar refractivity (Wildman–Crippen MR) is 307 cm³/mol. The van der Waals surface area contributed by atoms with Crippen molar-refractivity contribution in [2.75, 3.05) is 0 Å². The number of hydrogen-bond donors (Lipinski definition) is 35. The van der Waals surface area contributed by atoms with Gasteiger partial charge in [0.15, 0.2) is 0 Å². The summed E-state index contributed by atoms with van der Waals surface area (Å²) in [5, 5.41) is 0. The van der Waals surface area contributed by atoms with E-state index in [1.165, 1.54) is 0 Å². The first-order valence-corrected chi connectivity index (χ1v) is 39.2. The Bertz CT molecular complexity index is 1420. The van der Waals surface area contributed by atoms with E-state index in [4.69, 9.17) is 333 Å². The Morgan fingerprint density at radius 1 is 0.0957 bits per heavy atom. The Balaban J connectivity index is -0.0000000133. The molecule has 35 N–H and O–H groups in total. The van der Waals surface area contributed by atoms with Gasteiger partial charge in [-0.2, -0.15) is 71.6 Å². The van der Waals surface area contributed by atoms with Crippen molar-refractivity contribution in [1.29, 1.82) is 0 Å². The van der Waals surface area contributed by atoms with Gasteiger partial charge in [-0.1, -0.05) is 0 Å². The fraction of sp³-hybridized carbons (Fsp3) is 0. The van der Waals surface area contributed by atoms with Crippen LogP contribution in [0.15, 0.2) is 0 Å². The zero-order chi connectivity index (χ0) is 89.4. The van der Waals surface area contributed by atoms with Crippen molar-refractivity contribution >= 4 is 284 Å². The van der Waals surface area contributed by atoms with Gasteiger partial charge in [-0.25, -0.2) is 4.21 Å². The van der Waals surface area contributed by atoms with Crippen molar-refractivity contribution < 1.29 is 776 Å². The molecule has 0 radical (unpaired) electrons. The average Bonchev–Trinajstić information content (AvgIpc) is 3.15. The van der Waals surface area contributed by atoms with Crippen LogP contribution < -0.4 is 443 Å². The summed E-state index contributed by atoms with van der Waals surface area (Å²) in [6, 6.07) is 0. The van der Waals surface area contributed by atoms with Crippen LogP contribution in [-0.4, -0.2) is 333 Å². The molecule has 0 saturated heterocycles. The maximum absolute atomic E-state index is 8.67. The molecule has 0 aromatic heterocycles. The molecule has 0 spiro atoms. The summed E-state index contributed by atoms with van der Waals surface area (Å²) in [4.78, 5) is 0. The van der Waals surface area contributed by atoms with Crippen LogP contribution in [0, 0.1) is 0 Å². The fourth-order valence-corrected chi connectivity index (χ4v) is 0. The minimum atomic E-state index is -3.11. The van der Waals surface area contributed by atoms with Crippen molar-refractivity contribution in [1.82, 2.24) is 0 Å². The summed E-state index contributed by atoms with van der Waals surface area (Å²) in [5.41, 5.74) is 0. The van der Waals surface area contributed by atoms with Gasteiger partial charge >= 0.3 is 443 Å². The minimum Gasteiger partial charge on any atom is -0.784 e. The quantitative estimate of drug-likeness (QED) is 0.0791. The summed E-state index contributed by atoms with van der Waals surface area (Å²) in [5.74, 6) is 0. The fourth-order valence-electron chi connectivity index (χ4n) is 0. The Kier molecular flexibility index (Phi) is 608. The molecule has 115 heavy (non-hydrogen) atoms.